The first kappa shape index (κ1) is 12.7. The van der Waals surface area contributed by atoms with Crippen LogP contribution < -0.4 is 15.9 Å². The van der Waals surface area contributed by atoms with Crippen LogP contribution in [0.15, 0.2) is 18.2 Å². The van der Waals surface area contributed by atoms with E-state index in [1.807, 2.05) is 5.01 Å². The van der Waals surface area contributed by atoms with Crippen LogP contribution in [0.2, 0.25) is 0 Å². The summed E-state index contributed by atoms with van der Waals surface area (Å²) in [5.41, 5.74) is 9.45. The number of nitrogens with zero attached hydrogens (tertiary/aromatic N) is 1. The van der Waals surface area contributed by atoms with E-state index < -0.39 is 0 Å². The highest BCUT2D eigenvalue weighted by Gasteiger charge is 2.17. The van der Waals surface area contributed by atoms with Crippen LogP contribution >= 0.6 is 0 Å². The van der Waals surface area contributed by atoms with E-state index in [1.54, 1.807) is 18.2 Å². The number of hydrogen-bond acceptors (Lipinski definition) is 5. The molecule has 1 amide bonds. The Hall–Kier alpha value is -1.79. The summed E-state index contributed by atoms with van der Waals surface area (Å²) in [6.45, 7) is 2.59. The third-order valence-electron chi connectivity index (χ3n) is 2.80. The number of nitrogens with one attached hydrogen (secondary N) is 1. The van der Waals surface area contributed by atoms with Crippen molar-refractivity contribution in [3.63, 3.8) is 0 Å². The van der Waals surface area contributed by atoms with Crippen molar-refractivity contribution >= 4 is 11.6 Å². The molecule has 2 rings (SSSR count). The molecule has 1 aromatic rings. The molecule has 18 heavy (non-hydrogen) atoms. The lowest BCUT2D eigenvalue weighted by atomic mass is 10.1. The Bertz CT molecular complexity index is 431. The highest BCUT2D eigenvalue weighted by molar-refractivity contribution is 6.00. The van der Waals surface area contributed by atoms with Gasteiger partial charge in [0.05, 0.1) is 31.6 Å². The molecule has 1 saturated heterocycles. The number of morpholine rings is 1. The second-order valence-electron chi connectivity index (χ2n) is 3.96. The van der Waals surface area contributed by atoms with Gasteiger partial charge in [-0.05, 0) is 12.1 Å². The van der Waals surface area contributed by atoms with Crippen LogP contribution in [0.25, 0.3) is 0 Å². The second kappa shape index (κ2) is 5.70. The van der Waals surface area contributed by atoms with Crippen molar-refractivity contribution in [1.29, 1.82) is 0 Å². The molecular weight excluding hydrogens is 234 g/mol. The molecule has 0 saturated carbocycles. The maximum Gasteiger partial charge on any atom is 0.267 e. The van der Waals surface area contributed by atoms with Gasteiger partial charge < -0.3 is 15.2 Å². The van der Waals surface area contributed by atoms with E-state index >= 15 is 0 Å². The standard InChI is InChI=1S/C12H17N3O3/c1-17-10-4-2-3-9(11(10)13)12(16)14-15-5-7-18-8-6-15/h2-4H,5-8,13H2,1H3,(H,14,16). The molecule has 1 aliphatic rings. The first-order chi connectivity index (χ1) is 8.72. The minimum atomic E-state index is -0.228. The lowest BCUT2D eigenvalue weighted by molar-refractivity contribution is 0.0126. The number of rotatable bonds is 3. The largest absolute Gasteiger partial charge is 0.495 e. The molecule has 0 bridgehead atoms. The van der Waals surface area contributed by atoms with Gasteiger partial charge in [0.25, 0.3) is 5.91 Å². The summed E-state index contributed by atoms with van der Waals surface area (Å²) in [5.74, 6) is 0.276. The summed E-state index contributed by atoms with van der Waals surface area (Å²) in [6, 6.07) is 5.14. The first-order valence-corrected chi connectivity index (χ1v) is 5.78. The number of benzene rings is 1. The molecule has 3 N–H and O–H groups in total. The quantitative estimate of drug-likeness (QED) is 0.753. The summed E-state index contributed by atoms with van der Waals surface area (Å²) < 4.78 is 10.3. The maximum atomic E-state index is 12.1. The zero-order chi connectivity index (χ0) is 13.0. The smallest absolute Gasteiger partial charge is 0.267 e. The number of nitrogens with two attached hydrogens (primary N) is 1. The van der Waals surface area contributed by atoms with Gasteiger partial charge in [0.15, 0.2) is 0 Å². The average Bonchev–Trinajstić information content (AvgIpc) is 2.40. The van der Waals surface area contributed by atoms with Gasteiger partial charge in [-0.2, -0.15) is 0 Å². The number of amides is 1. The fourth-order valence-electron chi connectivity index (χ4n) is 1.80. The Labute approximate surface area is 106 Å². The van der Waals surface area contributed by atoms with Crippen LogP contribution in [0.5, 0.6) is 5.75 Å². The van der Waals surface area contributed by atoms with Gasteiger partial charge in [-0.15, -0.1) is 0 Å². The molecule has 98 valence electrons. The number of carbonyl (C=O) groups is 1. The van der Waals surface area contributed by atoms with Crippen molar-refractivity contribution in [2.75, 3.05) is 39.1 Å². The van der Waals surface area contributed by atoms with Crippen molar-refractivity contribution in [3.8, 4) is 5.75 Å². The molecule has 1 fully saturated rings. The lowest BCUT2D eigenvalue weighted by Gasteiger charge is -2.27. The third kappa shape index (κ3) is 2.72. The van der Waals surface area contributed by atoms with Crippen molar-refractivity contribution in [2.45, 2.75) is 0 Å². The molecule has 1 aliphatic heterocycles. The Morgan fingerprint density at radius 2 is 2.17 bits per heavy atom. The number of methoxy groups -OCH3 is 1. The van der Waals surface area contributed by atoms with Crippen molar-refractivity contribution < 1.29 is 14.3 Å². The minimum Gasteiger partial charge on any atom is -0.495 e. The van der Waals surface area contributed by atoms with Crippen molar-refractivity contribution in [1.82, 2.24) is 10.4 Å². The normalized spacial score (nSPS) is 16.3. The number of hydrogen-bond donors (Lipinski definition) is 2. The summed E-state index contributed by atoms with van der Waals surface area (Å²) in [4.78, 5) is 12.1. The monoisotopic (exact) mass is 251 g/mol. The zero-order valence-electron chi connectivity index (χ0n) is 10.3. The average molecular weight is 251 g/mol. The van der Waals surface area contributed by atoms with Crippen LogP contribution in [-0.2, 0) is 4.74 Å². The van der Waals surface area contributed by atoms with Crippen molar-refractivity contribution in [2.24, 2.45) is 0 Å². The number of carbonyl (C=O) groups excluding carboxylic acids is 1. The number of hydrazine groups is 1. The van der Waals surface area contributed by atoms with E-state index in [9.17, 15) is 4.79 Å². The van der Waals surface area contributed by atoms with Crippen LogP contribution in [0, 0.1) is 0 Å². The van der Waals surface area contributed by atoms with E-state index in [2.05, 4.69) is 5.43 Å². The Morgan fingerprint density at radius 1 is 1.44 bits per heavy atom. The summed E-state index contributed by atoms with van der Waals surface area (Å²) in [7, 11) is 1.52. The fourth-order valence-corrected chi connectivity index (χ4v) is 1.80. The lowest BCUT2D eigenvalue weighted by Crippen LogP contribution is -2.48. The molecule has 0 radical (unpaired) electrons. The second-order valence-corrected chi connectivity index (χ2v) is 3.96. The molecular formula is C12H17N3O3. The van der Waals surface area contributed by atoms with Gasteiger partial charge >= 0.3 is 0 Å². The predicted molar refractivity (Wildman–Crippen MR) is 67.3 cm³/mol. The van der Waals surface area contributed by atoms with Crippen LogP contribution in [0.4, 0.5) is 5.69 Å². The van der Waals surface area contributed by atoms with Crippen LogP contribution in [0.3, 0.4) is 0 Å². The molecule has 0 spiro atoms. The number of nitrogen functional groups attached to an aromatic ring is 1. The summed E-state index contributed by atoms with van der Waals surface area (Å²) in [6.07, 6.45) is 0. The highest BCUT2D eigenvalue weighted by atomic mass is 16.5. The van der Waals surface area contributed by atoms with Crippen LogP contribution in [-0.4, -0.2) is 44.3 Å². The van der Waals surface area contributed by atoms with Gasteiger partial charge in [-0.25, -0.2) is 5.01 Å². The first-order valence-electron chi connectivity index (χ1n) is 5.78. The van der Waals surface area contributed by atoms with E-state index in [4.69, 9.17) is 15.2 Å². The highest BCUT2D eigenvalue weighted by Crippen LogP contribution is 2.24. The third-order valence-corrected chi connectivity index (χ3v) is 2.80. The predicted octanol–water partition coefficient (Wildman–Crippen LogP) is 0.254. The van der Waals surface area contributed by atoms with Gasteiger partial charge in [-0.1, -0.05) is 6.07 Å². The molecule has 0 atom stereocenters. The zero-order valence-corrected chi connectivity index (χ0v) is 10.3. The van der Waals surface area contributed by atoms with Crippen LogP contribution in [0.1, 0.15) is 10.4 Å². The fraction of sp³-hybridized carbons (Fsp3) is 0.417. The van der Waals surface area contributed by atoms with Crippen molar-refractivity contribution in [3.05, 3.63) is 23.8 Å². The number of anilines is 1. The van der Waals surface area contributed by atoms with E-state index in [1.165, 1.54) is 7.11 Å². The SMILES string of the molecule is COc1cccc(C(=O)NN2CCOCC2)c1N. The van der Waals surface area contributed by atoms with E-state index in [-0.39, 0.29) is 5.91 Å². The van der Waals surface area contributed by atoms with Gasteiger partial charge in [0.2, 0.25) is 0 Å². The minimum absolute atomic E-state index is 0.228. The molecule has 6 nitrogen and oxygen atoms in total. The van der Waals surface area contributed by atoms with Gasteiger partial charge in [0, 0.05) is 13.1 Å². The molecule has 6 heteroatoms. The summed E-state index contributed by atoms with van der Waals surface area (Å²) >= 11 is 0. The van der Waals surface area contributed by atoms with E-state index in [0.29, 0.717) is 43.3 Å². The Morgan fingerprint density at radius 3 is 2.83 bits per heavy atom. The van der Waals surface area contributed by atoms with Gasteiger partial charge in [-0.3, -0.25) is 10.2 Å². The molecule has 1 heterocycles. The summed E-state index contributed by atoms with van der Waals surface area (Å²) in [5, 5.41) is 1.82. The maximum absolute atomic E-state index is 12.1. The molecule has 1 aromatic carbocycles. The molecule has 0 aromatic heterocycles. The topological polar surface area (TPSA) is 76.8 Å². The van der Waals surface area contributed by atoms with Gasteiger partial charge in [0.1, 0.15) is 5.75 Å². The Kier molecular flexibility index (Phi) is 4.01. The number of para-hydroxylation sites is 1. The van der Waals surface area contributed by atoms with E-state index in [0.717, 1.165) is 0 Å². The Balaban J connectivity index is 2.08. The molecule has 0 aliphatic carbocycles. The molecule has 0 unspecified atom stereocenters. The number of ether oxygens (including phenoxy) is 2.